The molecule has 0 radical (unpaired) electrons. The number of aromatic nitrogens is 1. The maximum Gasteiger partial charge on any atom is 0.127 e. The van der Waals surface area contributed by atoms with Gasteiger partial charge in [0.25, 0.3) is 0 Å². The molecule has 1 heterocycles. The van der Waals surface area contributed by atoms with Gasteiger partial charge in [0.15, 0.2) is 0 Å². The van der Waals surface area contributed by atoms with Gasteiger partial charge in [0.05, 0.1) is 5.69 Å². The summed E-state index contributed by atoms with van der Waals surface area (Å²) in [4.78, 5) is 5.60. The zero-order chi connectivity index (χ0) is 12.3. The average molecular weight is 258 g/mol. The van der Waals surface area contributed by atoms with Crippen LogP contribution in [0.3, 0.4) is 0 Å². The number of hydrogen-bond donors (Lipinski definition) is 0. The Morgan fingerprint density at radius 2 is 1.72 bits per heavy atom. The van der Waals surface area contributed by atoms with Crippen LogP contribution in [-0.2, 0) is 5.41 Å². The SMILES string of the molecule is Cc1nc(C23CC4CC(CC(C4)C2)C3)sc1C#N. The first-order valence-corrected chi connectivity index (χ1v) is 7.88. The molecule has 0 aliphatic heterocycles. The normalized spacial score (nSPS) is 41.0. The van der Waals surface area contributed by atoms with Crippen LogP contribution in [0.2, 0.25) is 0 Å². The Bertz CT molecular complexity index is 502. The minimum absolute atomic E-state index is 0.360. The standard InChI is InChI=1S/C15H18N2S/c1-9-13(8-16)18-14(17-9)15-5-10-2-11(6-15)4-12(3-10)7-15/h10-12H,2-7H2,1H3. The predicted octanol–water partition coefficient (Wildman–Crippen LogP) is 3.79. The van der Waals surface area contributed by atoms with Crippen LogP contribution in [-0.4, -0.2) is 4.98 Å². The van der Waals surface area contributed by atoms with Crippen molar-refractivity contribution < 1.29 is 0 Å². The fourth-order valence-electron chi connectivity index (χ4n) is 5.10. The van der Waals surface area contributed by atoms with Crippen molar-refractivity contribution in [3.63, 3.8) is 0 Å². The van der Waals surface area contributed by atoms with Crippen LogP contribution in [0.4, 0.5) is 0 Å². The fraction of sp³-hybridized carbons (Fsp3) is 0.733. The van der Waals surface area contributed by atoms with E-state index in [2.05, 4.69) is 6.07 Å². The van der Waals surface area contributed by atoms with E-state index in [4.69, 9.17) is 10.2 Å². The molecule has 0 amide bonds. The molecule has 4 aliphatic carbocycles. The molecular formula is C15H18N2S. The highest BCUT2D eigenvalue weighted by molar-refractivity contribution is 7.12. The van der Waals surface area contributed by atoms with Crippen molar-refractivity contribution in [2.75, 3.05) is 0 Å². The van der Waals surface area contributed by atoms with Gasteiger partial charge in [-0.05, 0) is 63.2 Å². The molecule has 0 unspecified atom stereocenters. The Labute approximate surface area is 112 Å². The van der Waals surface area contributed by atoms with E-state index in [0.29, 0.717) is 5.41 Å². The van der Waals surface area contributed by atoms with Gasteiger partial charge in [-0.25, -0.2) is 4.98 Å². The number of aryl methyl sites for hydroxylation is 1. The zero-order valence-electron chi connectivity index (χ0n) is 10.8. The molecule has 1 aromatic rings. The summed E-state index contributed by atoms with van der Waals surface area (Å²) in [5.74, 6) is 2.85. The largest absolute Gasteiger partial charge is 0.245 e. The van der Waals surface area contributed by atoms with Crippen molar-refractivity contribution in [2.24, 2.45) is 17.8 Å². The van der Waals surface area contributed by atoms with Crippen LogP contribution in [0.15, 0.2) is 0 Å². The Kier molecular flexibility index (Phi) is 2.18. The third-order valence-electron chi connectivity index (χ3n) is 5.39. The summed E-state index contributed by atoms with van der Waals surface area (Å²) >= 11 is 1.68. The van der Waals surface area contributed by atoms with Crippen LogP contribution in [0.25, 0.3) is 0 Å². The molecule has 4 saturated carbocycles. The second-order valence-electron chi connectivity index (χ2n) is 6.74. The first-order valence-electron chi connectivity index (χ1n) is 7.06. The van der Waals surface area contributed by atoms with Gasteiger partial charge in [-0.1, -0.05) is 0 Å². The molecule has 4 bridgehead atoms. The van der Waals surface area contributed by atoms with E-state index >= 15 is 0 Å². The van der Waals surface area contributed by atoms with E-state index in [9.17, 15) is 0 Å². The van der Waals surface area contributed by atoms with Crippen LogP contribution >= 0.6 is 11.3 Å². The Hall–Kier alpha value is -0.880. The molecule has 0 N–H and O–H groups in total. The van der Waals surface area contributed by atoms with Gasteiger partial charge in [-0.15, -0.1) is 11.3 Å². The van der Waals surface area contributed by atoms with E-state index in [1.165, 1.54) is 43.5 Å². The van der Waals surface area contributed by atoms with Crippen molar-refractivity contribution in [1.82, 2.24) is 4.98 Å². The third-order valence-corrected chi connectivity index (χ3v) is 6.70. The number of hydrogen-bond acceptors (Lipinski definition) is 3. The number of nitriles is 1. The number of thiazole rings is 1. The summed E-state index contributed by atoms with van der Waals surface area (Å²) in [6.07, 6.45) is 8.43. The van der Waals surface area contributed by atoms with Crippen molar-refractivity contribution in [3.05, 3.63) is 15.6 Å². The molecule has 0 atom stereocenters. The predicted molar refractivity (Wildman–Crippen MR) is 71.4 cm³/mol. The average Bonchev–Trinajstić information content (AvgIpc) is 2.69. The molecule has 2 nitrogen and oxygen atoms in total. The maximum absolute atomic E-state index is 9.13. The van der Waals surface area contributed by atoms with Gasteiger partial charge >= 0.3 is 0 Å². The lowest BCUT2D eigenvalue weighted by atomic mass is 9.50. The van der Waals surface area contributed by atoms with Crippen LogP contribution < -0.4 is 0 Å². The third kappa shape index (κ3) is 1.42. The molecule has 0 aromatic carbocycles. The first-order chi connectivity index (χ1) is 8.68. The Balaban J connectivity index is 1.77. The second kappa shape index (κ2) is 3.57. The minimum atomic E-state index is 0.360. The Morgan fingerprint density at radius 3 is 2.17 bits per heavy atom. The quantitative estimate of drug-likeness (QED) is 0.768. The van der Waals surface area contributed by atoms with E-state index in [-0.39, 0.29) is 0 Å². The van der Waals surface area contributed by atoms with Crippen LogP contribution in [0.1, 0.15) is 54.1 Å². The zero-order valence-corrected chi connectivity index (χ0v) is 11.6. The minimum Gasteiger partial charge on any atom is -0.245 e. The number of nitrogens with zero attached hydrogens (tertiary/aromatic N) is 2. The van der Waals surface area contributed by atoms with E-state index < -0.39 is 0 Å². The van der Waals surface area contributed by atoms with Gasteiger partial charge in [0.1, 0.15) is 16.0 Å². The maximum atomic E-state index is 9.13. The Morgan fingerprint density at radius 1 is 1.17 bits per heavy atom. The summed E-state index contributed by atoms with van der Waals surface area (Å²) in [6.45, 7) is 1.99. The molecule has 0 spiro atoms. The highest BCUT2D eigenvalue weighted by Crippen LogP contribution is 2.61. The molecule has 5 rings (SSSR count). The van der Waals surface area contributed by atoms with Gasteiger partial charge in [-0.3, -0.25) is 0 Å². The van der Waals surface area contributed by atoms with Crippen molar-refractivity contribution in [3.8, 4) is 6.07 Å². The molecule has 94 valence electrons. The molecule has 18 heavy (non-hydrogen) atoms. The van der Waals surface area contributed by atoms with Crippen LogP contribution in [0, 0.1) is 36.0 Å². The van der Waals surface area contributed by atoms with Crippen molar-refractivity contribution in [1.29, 1.82) is 5.26 Å². The van der Waals surface area contributed by atoms with Gasteiger partial charge in [-0.2, -0.15) is 5.26 Å². The summed E-state index contributed by atoms with van der Waals surface area (Å²) in [5.41, 5.74) is 1.31. The summed E-state index contributed by atoms with van der Waals surface area (Å²) < 4.78 is 0. The molecule has 4 aliphatic rings. The lowest BCUT2D eigenvalue weighted by molar-refractivity contribution is -0.00531. The smallest absolute Gasteiger partial charge is 0.127 e. The highest BCUT2D eigenvalue weighted by Gasteiger charge is 2.53. The van der Waals surface area contributed by atoms with Gasteiger partial charge in [0.2, 0.25) is 0 Å². The fourth-order valence-corrected chi connectivity index (χ4v) is 6.18. The van der Waals surface area contributed by atoms with E-state index in [0.717, 1.165) is 28.3 Å². The number of rotatable bonds is 1. The van der Waals surface area contributed by atoms with E-state index in [1.54, 1.807) is 11.3 Å². The highest BCUT2D eigenvalue weighted by atomic mass is 32.1. The van der Waals surface area contributed by atoms with E-state index in [1.807, 2.05) is 6.92 Å². The molecule has 3 heteroatoms. The van der Waals surface area contributed by atoms with Crippen molar-refractivity contribution >= 4 is 11.3 Å². The lowest BCUT2D eigenvalue weighted by Crippen LogP contribution is -2.48. The molecular weight excluding hydrogens is 240 g/mol. The van der Waals surface area contributed by atoms with Gasteiger partial charge in [0, 0.05) is 5.41 Å². The summed E-state index contributed by atoms with van der Waals surface area (Å²) in [7, 11) is 0. The lowest BCUT2D eigenvalue weighted by Gasteiger charge is -2.56. The molecule has 1 aromatic heterocycles. The molecule has 0 saturated heterocycles. The van der Waals surface area contributed by atoms with Gasteiger partial charge < -0.3 is 0 Å². The van der Waals surface area contributed by atoms with Crippen LogP contribution in [0.5, 0.6) is 0 Å². The summed E-state index contributed by atoms with van der Waals surface area (Å²) in [5, 5.41) is 10.4. The van der Waals surface area contributed by atoms with Crippen molar-refractivity contribution in [2.45, 2.75) is 50.9 Å². The first kappa shape index (κ1) is 11.0. The monoisotopic (exact) mass is 258 g/mol. The second-order valence-corrected chi connectivity index (χ2v) is 7.74. The summed E-state index contributed by atoms with van der Waals surface area (Å²) in [6, 6.07) is 2.30. The molecule has 4 fully saturated rings. The topological polar surface area (TPSA) is 36.7 Å².